The van der Waals surface area contributed by atoms with E-state index in [0.29, 0.717) is 12.5 Å². The first kappa shape index (κ1) is 14.4. The van der Waals surface area contributed by atoms with Gasteiger partial charge in [0.25, 0.3) is 0 Å². The van der Waals surface area contributed by atoms with Crippen LogP contribution in [0.15, 0.2) is 59.6 Å². The van der Waals surface area contributed by atoms with Gasteiger partial charge >= 0.3 is 0 Å². The first-order valence-corrected chi connectivity index (χ1v) is 6.73. The van der Waals surface area contributed by atoms with Crippen LogP contribution in [0.5, 0.6) is 0 Å². The van der Waals surface area contributed by atoms with Crippen molar-refractivity contribution in [1.82, 2.24) is 5.43 Å². The molecule has 0 heterocycles. The van der Waals surface area contributed by atoms with E-state index in [2.05, 4.69) is 15.7 Å². The fourth-order valence-electron chi connectivity index (χ4n) is 1.73. The Labute approximate surface area is 123 Å². The maximum absolute atomic E-state index is 5.84. The van der Waals surface area contributed by atoms with E-state index in [-0.39, 0.29) is 0 Å². The molecule has 0 fully saturated rings. The largest absolute Gasteiger partial charge is 0.325 e. The summed E-state index contributed by atoms with van der Waals surface area (Å²) in [6.07, 6.45) is 0.832. The number of benzene rings is 2. The van der Waals surface area contributed by atoms with Crippen molar-refractivity contribution in [3.05, 3.63) is 65.2 Å². The third-order valence-corrected chi connectivity index (χ3v) is 3.01. The fourth-order valence-corrected chi connectivity index (χ4v) is 1.85. The Balaban J connectivity index is 1.89. The third kappa shape index (κ3) is 4.57. The van der Waals surface area contributed by atoms with Gasteiger partial charge in [0, 0.05) is 17.3 Å². The number of rotatable bonds is 4. The minimum absolute atomic E-state index is 0.546. The minimum Gasteiger partial charge on any atom is -0.325 e. The molecule has 2 rings (SSSR count). The van der Waals surface area contributed by atoms with Crippen LogP contribution in [-0.4, -0.2) is 12.5 Å². The molecule has 5 heteroatoms. The van der Waals surface area contributed by atoms with Crippen LogP contribution in [0, 0.1) is 0 Å². The zero-order valence-corrected chi connectivity index (χ0v) is 11.8. The lowest BCUT2D eigenvalue weighted by atomic mass is 10.1. The zero-order valence-electron chi connectivity index (χ0n) is 11.0. The summed E-state index contributed by atoms with van der Waals surface area (Å²) in [7, 11) is 0. The Morgan fingerprint density at radius 2 is 1.75 bits per heavy atom. The van der Waals surface area contributed by atoms with E-state index in [1.54, 1.807) is 0 Å². The SMILES string of the molecule is NNC(=NCCc1ccc(Cl)cc1)Nc1ccccc1. The molecular formula is C15H17ClN4. The van der Waals surface area contributed by atoms with Crippen molar-refractivity contribution >= 4 is 23.2 Å². The number of hydrogen-bond acceptors (Lipinski definition) is 2. The summed E-state index contributed by atoms with van der Waals surface area (Å²) in [4.78, 5) is 4.39. The summed E-state index contributed by atoms with van der Waals surface area (Å²) in [5.41, 5.74) is 4.69. The summed E-state index contributed by atoms with van der Waals surface area (Å²) in [6, 6.07) is 17.5. The smallest absolute Gasteiger partial charge is 0.210 e. The second-order valence-electron chi connectivity index (χ2n) is 4.24. The Bertz CT molecular complexity index is 552. The van der Waals surface area contributed by atoms with E-state index in [9.17, 15) is 0 Å². The molecule has 104 valence electrons. The highest BCUT2D eigenvalue weighted by atomic mass is 35.5. The number of halogens is 1. The molecule has 0 aromatic heterocycles. The number of aliphatic imine (C=N–C) groups is 1. The lowest BCUT2D eigenvalue weighted by Crippen LogP contribution is -2.36. The van der Waals surface area contributed by atoms with Gasteiger partial charge in [-0.25, -0.2) is 5.84 Å². The lowest BCUT2D eigenvalue weighted by molar-refractivity contribution is 0.930. The summed E-state index contributed by atoms with van der Waals surface area (Å²) in [6.45, 7) is 0.640. The second-order valence-corrected chi connectivity index (χ2v) is 4.68. The quantitative estimate of drug-likeness (QED) is 0.351. The van der Waals surface area contributed by atoms with Crippen molar-refractivity contribution in [2.75, 3.05) is 11.9 Å². The van der Waals surface area contributed by atoms with Crippen LogP contribution in [-0.2, 0) is 6.42 Å². The number of nitrogens with one attached hydrogen (secondary N) is 2. The molecule has 4 nitrogen and oxygen atoms in total. The molecule has 2 aromatic carbocycles. The maximum Gasteiger partial charge on any atom is 0.210 e. The number of nitrogens with two attached hydrogens (primary N) is 1. The van der Waals surface area contributed by atoms with Gasteiger partial charge in [-0.2, -0.15) is 0 Å². The average molecular weight is 289 g/mol. The van der Waals surface area contributed by atoms with Gasteiger partial charge in [0.05, 0.1) is 0 Å². The van der Waals surface area contributed by atoms with Crippen molar-refractivity contribution in [3.8, 4) is 0 Å². The van der Waals surface area contributed by atoms with Gasteiger partial charge in [-0.05, 0) is 36.2 Å². The molecule has 0 saturated carbocycles. The summed E-state index contributed by atoms with van der Waals surface area (Å²) >= 11 is 5.84. The van der Waals surface area contributed by atoms with Crippen LogP contribution in [0.3, 0.4) is 0 Å². The summed E-state index contributed by atoms with van der Waals surface area (Å²) in [5.74, 6) is 6.01. The van der Waals surface area contributed by atoms with Crippen molar-refractivity contribution in [2.24, 2.45) is 10.8 Å². The molecule has 20 heavy (non-hydrogen) atoms. The molecule has 2 aromatic rings. The van der Waals surface area contributed by atoms with E-state index in [1.807, 2.05) is 54.6 Å². The second kappa shape index (κ2) is 7.53. The number of guanidine groups is 1. The van der Waals surface area contributed by atoms with E-state index < -0.39 is 0 Å². The van der Waals surface area contributed by atoms with Gasteiger partial charge in [-0.3, -0.25) is 10.4 Å². The molecule has 0 unspecified atom stereocenters. The number of hydrogen-bond donors (Lipinski definition) is 3. The van der Waals surface area contributed by atoms with Crippen molar-refractivity contribution < 1.29 is 0 Å². The normalized spacial score (nSPS) is 11.2. The van der Waals surface area contributed by atoms with Gasteiger partial charge in [0.2, 0.25) is 5.96 Å². The van der Waals surface area contributed by atoms with E-state index in [1.165, 1.54) is 5.56 Å². The number of nitrogens with zero attached hydrogens (tertiary/aromatic N) is 1. The topological polar surface area (TPSA) is 62.4 Å². The summed E-state index contributed by atoms with van der Waals surface area (Å²) in [5, 5.41) is 3.86. The highest BCUT2D eigenvalue weighted by Crippen LogP contribution is 2.10. The van der Waals surface area contributed by atoms with Crippen LogP contribution >= 0.6 is 11.6 Å². The Kier molecular flexibility index (Phi) is 5.41. The van der Waals surface area contributed by atoms with Gasteiger partial charge in [-0.1, -0.05) is 41.9 Å². The summed E-state index contributed by atoms with van der Waals surface area (Å²) < 4.78 is 0. The number of anilines is 1. The van der Waals surface area contributed by atoms with Crippen LogP contribution < -0.4 is 16.6 Å². The lowest BCUT2D eigenvalue weighted by Gasteiger charge is -2.08. The van der Waals surface area contributed by atoms with Gasteiger partial charge in [-0.15, -0.1) is 0 Å². The fraction of sp³-hybridized carbons (Fsp3) is 0.133. The predicted molar refractivity (Wildman–Crippen MR) is 84.8 cm³/mol. The highest BCUT2D eigenvalue weighted by Gasteiger charge is 1.97. The number of hydrazine groups is 1. The molecular weight excluding hydrogens is 272 g/mol. The molecule has 0 amide bonds. The minimum atomic E-state index is 0.546. The number of para-hydroxylation sites is 1. The molecule has 4 N–H and O–H groups in total. The van der Waals surface area contributed by atoms with E-state index >= 15 is 0 Å². The molecule has 0 radical (unpaired) electrons. The van der Waals surface area contributed by atoms with Crippen molar-refractivity contribution in [2.45, 2.75) is 6.42 Å². The van der Waals surface area contributed by atoms with Crippen LogP contribution in [0.2, 0.25) is 5.02 Å². The Morgan fingerprint density at radius 1 is 1.05 bits per heavy atom. The monoisotopic (exact) mass is 288 g/mol. The van der Waals surface area contributed by atoms with Gasteiger partial charge < -0.3 is 5.32 Å². The highest BCUT2D eigenvalue weighted by molar-refractivity contribution is 6.30. The maximum atomic E-state index is 5.84. The Morgan fingerprint density at radius 3 is 2.40 bits per heavy atom. The van der Waals surface area contributed by atoms with Gasteiger partial charge in [0.15, 0.2) is 0 Å². The standard InChI is InChI=1S/C15H17ClN4/c16-13-8-6-12(7-9-13)10-11-18-15(20-17)19-14-4-2-1-3-5-14/h1-9H,10-11,17H2,(H2,18,19,20). The molecule has 0 saturated heterocycles. The molecule has 0 atom stereocenters. The molecule has 0 bridgehead atoms. The predicted octanol–water partition coefficient (Wildman–Crippen LogP) is 2.81. The molecule has 0 spiro atoms. The first-order chi connectivity index (χ1) is 9.78. The zero-order chi connectivity index (χ0) is 14.2. The van der Waals surface area contributed by atoms with Crippen LogP contribution in [0.4, 0.5) is 5.69 Å². The van der Waals surface area contributed by atoms with Gasteiger partial charge in [0.1, 0.15) is 0 Å². The van der Waals surface area contributed by atoms with Crippen LogP contribution in [0.1, 0.15) is 5.56 Å². The van der Waals surface area contributed by atoms with Crippen molar-refractivity contribution in [1.29, 1.82) is 0 Å². The van der Waals surface area contributed by atoms with Crippen LogP contribution in [0.25, 0.3) is 0 Å². The molecule has 0 aliphatic heterocycles. The van der Waals surface area contributed by atoms with Crippen molar-refractivity contribution in [3.63, 3.8) is 0 Å². The molecule has 0 aliphatic rings. The average Bonchev–Trinajstić information content (AvgIpc) is 2.49. The first-order valence-electron chi connectivity index (χ1n) is 6.35. The van der Waals surface area contributed by atoms with E-state index in [0.717, 1.165) is 17.1 Å². The Hall–Kier alpha value is -2.04. The van der Waals surface area contributed by atoms with E-state index in [4.69, 9.17) is 17.4 Å². The third-order valence-electron chi connectivity index (χ3n) is 2.76. The molecule has 0 aliphatic carbocycles.